The van der Waals surface area contributed by atoms with Gasteiger partial charge in [-0.25, -0.2) is 9.59 Å². The average Bonchev–Trinajstić information content (AvgIpc) is 2.75. The van der Waals surface area contributed by atoms with Gasteiger partial charge in [-0.1, -0.05) is 6.92 Å². The number of carbonyl (C=O) groups is 3. The van der Waals surface area contributed by atoms with Crippen molar-refractivity contribution >= 4 is 23.7 Å². The average molecular weight is 311 g/mol. The maximum Gasteiger partial charge on any atom is 0.344 e. The van der Waals surface area contributed by atoms with Gasteiger partial charge in [-0.05, 0) is 27.2 Å². The Bertz CT molecular complexity index is 561. The van der Waals surface area contributed by atoms with Crippen molar-refractivity contribution in [2.45, 2.75) is 40.5 Å². The number of esters is 2. The van der Waals surface area contributed by atoms with Crippen LogP contribution in [0.2, 0.25) is 0 Å². The molecule has 122 valence electrons. The smallest absolute Gasteiger partial charge is 0.344 e. The minimum absolute atomic E-state index is 0.0212. The van der Waals surface area contributed by atoms with Gasteiger partial charge in [0, 0.05) is 6.42 Å². The highest BCUT2D eigenvalue weighted by molar-refractivity contribution is 6.09. The molecular weight excluding hydrogens is 290 g/mol. The molecule has 0 saturated carbocycles. The number of ether oxygens (including phenoxy) is 2. The highest BCUT2D eigenvalue weighted by Gasteiger charge is 2.31. The number of furan rings is 1. The number of anilines is 1. The minimum atomic E-state index is -0.741. The molecule has 0 saturated heterocycles. The molecule has 22 heavy (non-hydrogen) atoms. The normalized spacial score (nSPS) is 10.2. The number of amides is 1. The molecule has 0 atom stereocenters. The summed E-state index contributed by atoms with van der Waals surface area (Å²) in [5.41, 5.74) is -0.130. The molecule has 7 heteroatoms. The Morgan fingerprint density at radius 2 is 1.55 bits per heavy atom. The zero-order valence-corrected chi connectivity index (χ0v) is 13.3. The maximum absolute atomic E-state index is 12.1. The van der Waals surface area contributed by atoms with E-state index in [9.17, 15) is 14.4 Å². The van der Waals surface area contributed by atoms with Crippen LogP contribution >= 0.6 is 0 Å². The van der Waals surface area contributed by atoms with Crippen LogP contribution in [0.3, 0.4) is 0 Å². The third-order valence-corrected chi connectivity index (χ3v) is 2.77. The lowest BCUT2D eigenvalue weighted by atomic mass is 10.1. The summed E-state index contributed by atoms with van der Waals surface area (Å²) < 4.78 is 15.2. The highest BCUT2D eigenvalue weighted by atomic mass is 16.5. The molecule has 0 aliphatic rings. The molecule has 0 aromatic carbocycles. The van der Waals surface area contributed by atoms with E-state index in [1.807, 2.05) is 6.92 Å². The predicted molar refractivity (Wildman–Crippen MR) is 78.9 cm³/mol. The Morgan fingerprint density at radius 1 is 1.00 bits per heavy atom. The third-order valence-electron chi connectivity index (χ3n) is 2.77. The van der Waals surface area contributed by atoms with E-state index in [0.717, 1.165) is 0 Å². The molecule has 1 amide bonds. The van der Waals surface area contributed by atoms with Gasteiger partial charge in [0.15, 0.2) is 0 Å². The summed E-state index contributed by atoms with van der Waals surface area (Å²) in [5.74, 6) is -1.64. The third kappa shape index (κ3) is 4.09. The van der Waals surface area contributed by atoms with Crippen LogP contribution in [0.4, 0.5) is 5.88 Å². The molecule has 1 aromatic rings. The van der Waals surface area contributed by atoms with Crippen molar-refractivity contribution in [2.75, 3.05) is 18.5 Å². The molecule has 1 heterocycles. The van der Waals surface area contributed by atoms with Crippen molar-refractivity contribution in [3.8, 4) is 0 Å². The molecule has 1 N–H and O–H groups in total. The van der Waals surface area contributed by atoms with Gasteiger partial charge >= 0.3 is 11.9 Å². The van der Waals surface area contributed by atoms with E-state index in [1.165, 1.54) is 6.92 Å². The largest absolute Gasteiger partial charge is 0.462 e. The van der Waals surface area contributed by atoms with E-state index in [0.29, 0.717) is 6.42 Å². The molecule has 0 bridgehead atoms. The van der Waals surface area contributed by atoms with Gasteiger partial charge in [0.2, 0.25) is 11.8 Å². The van der Waals surface area contributed by atoms with Crippen LogP contribution in [0.5, 0.6) is 0 Å². The van der Waals surface area contributed by atoms with Crippen LogP contribution in [0.15, 0.2) is 4.42 Å². The molecule has 0 radical (unpaired) electrons. The second-order valence-corrected chi connectivity index (χ2v) is 4.48. The van der Waals surface area contributed by atoms with Gasteiger partial charge in [-0.2, -0.15) is 0 Å². The summed E-state index contributed by atoms with van der Waals surface area (Å²) in [6.45, 7) is 6.95. The topological polar surface area (TPSA) is 94.8 Å². The monoisotopic (exact) mass is 311 g/mol. The van der Waals surface area contributed by atoms with Gasteiger partial charge < -0.3 is 13.9 Å². The lowest BCUT2D eigenvalue weighted by Crippen LogP contribution is -2.17. The van der Waals surface area contributed by atoms with Crippen molar-refractivity contribution < 1.29 is 28.3 Å². The zero-order chi connectivity index (χ0) is 16.7. The first-order valence-electron chi connectivity index (χ1n) is 7.23. The summed E-state index contributed by atoms with van der Waals surface area (Å²) in [7, 11) is 0. The summed E-state index contributed by atoms with van der Waals surface area (Å²) in [6, 6.07) is 0. The summed E-state index contributed by atoms with van der Waals surface area (Å²) >= 11 is 0. The molecule has 0 aliphatic carbocycles. The molecule has 0 aliphatic heterocycles. The van der Waals surface area contributed by atoms with Crippen LogP contribution < -0.4 is 5.32 Å². The first-order chi connectivity index (χ1) is 10.5. The number of hydrogen-bond donors (Lipinski definition) is 1. The van der Waals surface area contributed by atoms with Crippen LogP contribution in [-0.2, 0) is 14.3 Å². The number of hydrogen-bond acceptors (Lipinski definition) is 6. The van der Waals surface area contributed by atoms with Crippen molar-refractivity contribution in [1.29, 1.82) is 0 Å². The Balaban J connectivity index is 3.26. The molecule has 7 nitrogen and oxygen atoms in total. The van der Waals surface area contributed by atoms with Crippen LogP contribution in [0.1, 0.15) is 60.1 Å². The van der Waals surface area contributed by atoms with Crippen molar-refractivity contribution in [3.05, 3.63) is 16.9 Å². The quantitative estimate of drug-likeness (QED) is 0.778. The fourth-order valence-corrected chi connectivity index (χ4v) is 1.90. The molecule has 0 unspecified atom stereocenters. The Kier molecular flexibility index (Phi) is 6.62. The summed E-state index contributed by atoms with van der Waals surface area (Å²) in [5, 5.41) is 2.49. The number of aryl methyl sites for hydroxylation is 1. The molecule has 0 spiro atoms. The second kappa shape index (κ2) is 8.21. The van der Waals surface area contributed by atoms with Crippen LogP contribution in [-0.4, -0.2) is 31.1 Å². The van der Waals surface area contributed by atoms with E-state index < -0.39 is 11.9 Å². The van der Waals surface area contributed by atoms with E-state index in [-0.39, 0.29) is 48.3 Å². The predicted octanol–water partition coefficient (Wildman–Crippen LogP) is 2.68. The summed E-state index contributed by atoms with van der Waals surface area (Å²) in [4.78, 5) is 35.8. The van der Waals surface area contributed by atoms with E-state index in [2.05, 4.69) is 5.32 Å². The first-order valence-corrected chi connectivity index (χ1v) is 7.23. The second-order valence-electron chi connectivity index (χ2n) is 4.48. The summed E-state index contributed by atoms with van der Waals surface area (Å²) in [6.07, 6.45) is 0.918. The lowest BCUT2D eigenvalue weighted by molar-refractivity contribution is -0.116. The molecule has 1 rings (SSSR count). The molecule has 1 aromatic heterocycles. The Morgan fingerprint density at radius 3 is 2.05 bits per heavy atom. The van der Waals surface area contributed by atoms with E-state index in [4.69, 9.17) is 13.9 Å². The van der Waals surface area contributed by atoms with Crippen molar-refractivity contribution in [2.24, 2.45) is 0 Å². The zero-order valence-electron chi connectivity index (χ0n) is 13.3. The van der Waals surface area contributed by atoms with Gasteiger partial charge in [0.05, 0.1) is 13.2 Å². The van der Waals surface area contributed by atoms with Gasteiger partial charge in [0.25, 0.3) is 0 Å². The lowest BCUT2D eigenvalue weighted by Gasteiger charge is -2.06. The Labute approximate surface area is 129 Å². The van der Waals surface area contributed by atoms with E-state index >= 15 is 0 Å². The van der Waals surface area contributed by atoms with E-state index in [1.54, 1.807) is 13.8 Å². The maximum atomic E-state index is 12.1. The number of carbonyl (C=O) groups excluding carboxylic acids is 3. The van der Waals surface area contributed by atoms with Crippen LogP contribution in [0.25, 0.3) is 0 Å². The first kappa shape index (κ1) is 17.7. The standard InChI is InChI=1S/C15H21NO6/c1-5-8-10(17)16-13-12(15(19)21-7-3)11(9(4)22-13)14(18)20-6-2/h5-8H2,1-4H3,(H,16,17). The van der Waals surface area contributed by atoms with Crippen molar-refractivity contribution in [1.82, 2.24) is 0 Å². The van der Waals surface area contributed by atoms with Crippen LogP contribution in [0, 0.1) is 6.92 Å². The van der Waals surface area contributed by atoms with Gasteiger partial charge in [-0.3, -0.25) is 10.1 Å². The number of nitrogens with one attached hydrogen (secondary N) is 1. The van der Waals surface area contributed by atoms with Crippen molar-refractivity contribution in [3.63, 3.8) is 0 Å². The molecule has 0 fully saturated rings. The fourth-order valence-electron chi connectivity index (χ4n) is 1.90. The molecular formula is C15H21NO6. The minimum Gasteiger partial charge on any atom is -0.462 e. The Hall–Kier alpha value is -2.31. The SMILES string of the molecule is CCCC(=O)Nc1oc(C)c(C(=O)OCC)c1C(=O)OCC. The highest BCUT2D eigenvalue weighted by Crippen LogP contribution is 2.29. The van der Waals surface area contributed by atoms with Gasteiger partial charge in [-0.15, -0.1) is 0 Å². The fraction of sp³-hybridized carbons (Fsp3) is 0.533. The van der Waals surface area contributed by atoms with Gasteiger partial charge in [0.1, 0.15) is 16.9 Å². The number of rotatable bonds is 7.